The number of carbonyl (C=O) groups is 1. The van der Waals surface area contributed by atoms with E-state index in [-0.39, 0.29) is 5.82 Å². The van der Waals surface area contributed by atoms with Crippen LogP contribution in [0.4, 0.5) is 15.9 Å². The fourth-order valence-electron chi connectivity index (χ4n) is 2.35. The highest BCUT2D eigenvalue weighted by atomic mass is 19.1. The van der Waals surface area contributed by atoms with Crippen molar-refractivity contribution in [2.24, 2.45) is 0 Å². The van der Waals surface area contributed by atoms with Crippen LogP contribution in [0.2, 0.25) is 0 Å². The van der Waals surface area contributed by atoms with Crippen molar-refractivity contribution in [2.45, 2.75) is 6.92 Å². The Hall–Kier alpha value is -2.95. The number of rotatable bonds is 4. The van der Waals surface area contributed by atoms with Gasteiger partial charge < -0.3 is 10.1 Å². The minimum Gasteiger partial charge on any atom is -0.462 e. The van der Waals surface area contributed by atoms with Crippen LogP contribution in [0, 0.1) is 5.82 Å². The Labute approximate surface area is 132 Å². The number of fused-ring (bicyclic) bond motifs is 1. The molecule has 0 atom stereocenters. The number of anilines is 2. The zero-order chi connectivity index (χ0) is 16.2. The summed E-state index contributed by atoms with van der Waals surface area (Å²) >= 11 is 0. The standard InChI is InChI=1S/C18H15FN2O2/c1-2-23-18(22)14-11-20-17(13-8-4-3-7-12(13)14)21-16-10-6-5-9-15(16)19/h3-11H,2H2,1H3,(H,20,21). The molecule has 0 aliphatic carbocycles. The molecule has 0 bridgehead atoms. The van der Waals surface area contributed by atoms with Crippen LogP contribution in [0.15, 0.2) is 54.7 Å². The Bertz CT molecular complexity index is 865. The Kier molecular flexibility index (Phi) is 4.19. The highest BCUT2D eigenvalue weighted by Crippen LogP contribution is 2.28. The summed E-state index contributed by atoms with van der Waals surface area (Å²) in [6.07, 6.45) is 1.45. The summed E-state index contributed by atoms with van der Waals surface area (Å²) in [5.74, 6) is -0.305. The van der Waals surface area contributed by atoms with Crippen molar-refractivity contribution in [1.29, 1.82) is 0 Å². The number of benzene rings is 2. The van der Waals surface area contributed by atoms with Gasteiger partial charge in [0, 0.05) is 17.0 Å². The second-order valence-electron chi connectivity index (χ2n) is 4.89. The first-order valence-electron chi connectivity index (χ1n) is 7.27. The lowest BCUT2D eigenvalue weighted by Crippen LogP contribution is -2.07. The van der Waals surface area contributed by atoms with Crippen molar-refractivity contribution in [3.8, 4) is 0 Å². The van der Waals surface area contributed by atoms with Crippen LogP contribution in [-0.4, -0.2) is 17.6 Å². The summed E-state index contributed by atoms with van der Waals surface area (Å²) in [5, 5.41) is 4.41. The molecule has 3 rings (SSSR count). The third-order valence-corrected chi connectivity index (χ3v) is 3.42. The van der Waals surface area contributed by atoms with Crippen LogP contribution in [0.3, 0.4) is 0 Å². The zero-order valence-corrected chi connectivity index (χ0v) is 12.5. The maximum atomic E-state index is 13.8. The summed E-state index contributed by atoms with van der Waals surface area (Å²) in [5.41, 5.74) is 0.718. The summed E-state index contributed by atoms with van der Waals surface area (Å²) in [6.45, 7) is 2.05. The second-order valence-corrected chi connectivity index (χ2v) is 4.89. The molecule has 4 nitrogen and oxygen atoms in total. The van der Waals surface area contributed by atoms with Crippen LogP contribution in [0.5, 0.6) is 0 Å². The summed E-state index contributed by atoms with van der Waals surface area (Å²) in [7, 11) is 0. The van der Waals surface area contributed by atoms with Gasteiger partial charge in [0.15, 0.2) is 0 Å². The van der Waals surface area contributed by atoms with Crippen LogP contribution in [0.1, 0.15) is 17.3 Å². The number of ether oxygens (including phenoxy) is 1. The van der Waals surface area contributed by atoms with E-state index in [0.717, 1.165) is 5.39 Å². The number of aromatic nitrogens is 1. The van der Waals surface area contributed by atoms with Gasteiger partial charge in [-0.25, -0.2) is 14.2 Å². The maximum Gasteiger partial charge on any atom is 0.340 e. The number of pyridine rings is 1. The van der Waals surface area contributed by atoms with Gasteiger partial charge in [0.25, 0.3) is 0 Å². The first kappa shape index (κ1) is 15.0. The molecule has 3 aromatic rings. The van der Waals surface area contributed by atoms with Crippen molar-refractivity contribution < 1.29 is 13.9 Å². The number of nitrogens with zero attached hydrogens (tertiary/aromatic N) is 1. The smallest absolute Gasteiger partial charge is 0.340 e. The Morgan fingerprint density at radius 3 is 2.57 bits per heavy atom. The first-order chi connectivity index (χ1) is 11.2. The molecule has 1 aromatic heterocycles. The van der Waals surface area contributed by atoms with Gasteiger partial charge in [0.2, 0.25) is 0 Å². The Balaban J connectivity index is 2.08. The third-order valence-electron chi connectivity index (χ3n) is 3.42. The highest BCUT2D eigenvalue weighted by Gasteiger charge is 2.15. The number of nitrogens with one attached hydrogen (secondary N) is 1. The van der Waals surface area contributed by atoms with E-state index in [0.29, 0.717) is 29.1 Å². The molecule has 0 aliphatic rings. The molecular formula is C18H15FN2O2. The average Bonchev–Trinajstić information content (AvgIpc) is 2.57. The maximum absolute atomic E-state index is 13.8. The van der Waals surface area contributed by atoms with Crippen LogP contribution in [0.25, 0.3) is 10.8 Å². The third kappa shape index (κ3) is 2.99. The van der Waals surface area contributed by atoms with Crippen LogP contribution in [-0.2, 0) is 4.74 Å². The molecule has 5 heteroatoms. The van der Waals surface area contributed by atoms with Crippen LogP contribution >= 0.6 is 0 Å². The molecule has 1 heterocycles. The summed E-state index contributed by atoms with van der Waals surface area (Å²) in [4.78, 5) is 16.3. The molecule has 0 aliphatic heterocycles. The molecule has 23 heavy (non-hydrogen) atoms. The Morgan fingerprint density at radius 2 is 1.83 bits per heavy atom. The molecule has 0 unspecified atom stereocenters. The SMILES string of the molecule is CCOC(=O)c1cnc(Nc2ccccc2F)c2ccccc12. The topological polar surface area (TPSA) is 51.2 Å². The van der Waals surface area contributed by atoms with E-state index in [2.05, 4.69) is 10.3 Å². The minimum absolute atomic E-state index is 0.294. The molecule has 2 aromatic carbocycles. The average molecular weight is 310 g/mol. The Morgan fingerprint density at radius 1 is 1.13 bits per heavy atom. The van der Waals surface area contributed by atoms with Gasteiger partial charge in [0.05, 0.1) is 17.9 Å². The number of hydrogen-bond acceptors (Lipinski definition) is 4. The van der Waals surface area contributed by atoms with E-state index in [1.807, 2.05) is 24.3 Å². The van der Waals surface area contributed by atoms with E-state index < -0.39 is 5.97 Å². The van der Waals surface area contributed by atoms with Crippen molar-refractivity contribution in [1.82, 2.24) is 4.98 Å². The minimum atomic E-state index is -0.423. The molecule has 0 saturated heterocycles. The molecule has 0 fully saturated rings. The van der Waals surface area contributed by atoms with Crippen LogP contribution < -0.4 is 5.32 Å². The van der Waals surface area contributed by atoms with Gasteiger partial charge in [-0.05, 0) is 19.1 Å². The number of halogens is 1. The molecule has 116 valence electrons. The van der Waals surface area contributed by atoms with Crippen molar-refractivity contribution in [3.05, 3.63) is 66.1 Å². The highest BCUT2D eigenvalue weighted by molar-refractivity contribution is 6.07. The zero-order valence-electron chi connectivity index (χ0n) is 12.5. The van der Waals surface area contributed by atoms with E-state index in [1.54, 1.807) is 25.1 Å². The van der Waals surface area contributed by atoms with E-state index in [4.69, 9.17) is 4.74 Å². The number of hydrogen-bond donors (Lipinski definition) is 1. The predicted octanol–water partition coefficient (Wildman–Crippen LogP) is 4.29. The lowest BCUT2D eigenvalue weighted by molar-refractivity contribution is 0.0528. The largest absolute Gasteiger partial charge is 0.462 e. The second kappa shape index (κ2) is 6.44. The van der Waals surface area contributed by atoms with Gasteiger partial charge in [-0.15, -0.1) is 0 Å². The monoisotopic (exact) mass is 310 g/mol. The molecule has 0 amide bonds. The number of carbonyl (C=O) groups excluding carboxylic acids is 1. The van der Waals surface area contributed by atoms with Gasteiger partial charge in [-0.3, -0.25) is 0 Å². The fourth-order valence-corrected chi connectivity index (χ4v) is 2.35. The van der Waals surface area contributed by atoms with Crippen molar-refractivity contribution >= 4 is 28.2 Å². The van der Waals surface area contributed by atoms with E-state index in [1.165, 1.54) is 12.3 Å². The predicted molar refractivity (Wildman–Crippen MR) is 87.4 cm³/mol. The van der Waals surface area contributed by atoms with E-state index >= 15 is 0 Å². The molecule has 0 saturated carbocycles. The molecular weight excluding hydrogens is 295 g/mol. The summed E-state index contributed by atoms with van der Waals surface area (Å²) < 4.78 is 18.9. The fraction of sp³-hybridized carbons (Fsp3) is 0.111. The number of esters is 1. The molecule has 1 N–H and O–H groups in total. The van der Waals surface area contributed by atoms with Crippen molar-refractivity contribution in [3.63, 3.8) is 0 Å². The summed E-state index contributed by atoms with van der Waals surface area (Å²) in [6, 6.07) is 13.7. The molecule has 0 radical (unpaired) electrons. The van der Waals surface area contributed by atoms with Gasteiger partial charge in [-0.2, -0.15) is 0 Å². The number of para-hydroxylation sites is 1. The lowest BCUT2D eigenvalue weighted by atomic mass is 10.1. The van der Waals surface area contributed by atoms with Crippen molar-refractivity contribution in [2.75, 3.05) is 11.9 Å². The lowest BCUT2D eigenvalue weighted by Gasteiger charge is -2.12. The van der Waals surface area contributed by atoms with Gasteiger partial charge in [-0.1, -0.05) is 36.4 Å². The van der Waals surface area contributed by atoms with Gasteiger partial charge >= 0.3 is 5.97 Å². The molecule has 0 spiro atoms. The van der Waals surface area contributed by atoms with E-state index in [9.17, 15) is 9.18 Å². The first-order valence-corrected chi connectivity index (χ1v) is 7.27. The van der Waals surface area contributed by atoms with Gasteiger partial charge in [0.1, 0.15) is 11.6 Å². The normalized spacial score (nSPS) is 10.5. The quantitative estimate of drug-likeness (QED) is 0.730.